The zero-order valence-electron chi connectivity index (χ0n) is 15.1. The number of carbonyl (C=O) groups is 2. The summed E-state index contributed by atoms with van der Waals surface area (Å²) in [4.78, 5) is 32.9. The molecule has 12 heteroatoms. The minimum atomic E-state index is -4.96. The van der Waals surface area contributed by atoms with E-state index in [1.807, 2.05) is 0 Å². The number of benzene rings is 1. The van der Waals surface area contributed by atoms with E-state index in [4.69, 9.17) is 9.84 Å². The molecule has 0 spiro atoms. The van der Waals surface area contributed by atoms with Crippen LogP contribution in [-0.4, -0.2) is 38.9 Å². The van der Waals surface area contributed by atoms with Crippen molar-refractivity contribution in [1.29, 1.82) is 0 Å². The van der Waals surface area contributed by atoms with E-state index in [1.165, 1.54) is 32.0 Å². The van der Waals surface area contributed by atoms with Crippen molar-refractivity contribution in [2.75, 3.05) is 4.90 Å². The van der Waals surface area contributed by atoms with Crippen molar-refractivity contribution in [3.05, 3.63) is 36.2 Å². The number of alkyl halides is 3. The van der Waals surface area contributed by atoms with E-state index >= 15 is 0 Å². The van der Waals surface area contributed by atoms with Gasteiger partial charge in [0.05, 0.1) is 6.61 Å². The van der Waals surface area contributed by atoms with E-state index < -0.39 is 36.2 Å². The topological polar surface area (TPSA) is 114 Å². The van der Waals surface area contributed by atoms with E-state index in [1.54, 1.807) is 0 Å². The summed E-state index contributed by atoms with van der Waals surface area (Å²) >= 11 is 0. The van der Waals surface area contributed by atoms with Gasteiger partial charge in [0.2, 0.25) is 5.88 Å². The fourth-order valence-corrected chi connectivity index (χ4v) is 2.53. The molecular formula is C17H15F3N4O5. The molecular weight excluding hydrogens is 397 g/mol. The van der Waals surface area contributed by atoms with Crippen molar-refractivity contribution >= 4 is 17.8 Å². The standard InChI is InChI=1S/C17H15F3N4O5/c1-16(2)14(26)24(15(27)23-16)12-6-13(22-8-21-12)28-10-4-3-9(7-25)11(5-10)29-17(18,19)20/h3-6,8,25H,7H2,1-2H3,(H,23,27). The molecule has 0 aliphatic carbocycles. The third-order valence-electron chi connectivity index (χ3n) is 3.87. The first-order chi connectivity index (χ1) is 13.5. The summed E-state index contributed by atoms with van der Waals surface area (Å²) in [5.74, 6) is -1.46. The Bertz CT molecular complexity index is 964. The maximum atomic E-state index is 12.5. The molecule has 9 nitrogen and oxygen atoms in total. The molecule has 3 rings (SSSR count). The average Bonchev–Trinajstić information content (AvgIpc) is 2.81. The van der Waals surface area contributed by atoms with Crippen LogP contribution in [0.15, 0.2) is 30.6 Å². The van der Waals surface area contributed by atoms with Crippen LogP contribution in [0.3, 0.4) is 0 Å². The molecule has 0 radical (unpaired) electrons. The van der Waals surface area contributed by atoms with Crippen LogP contribution in [0.5, 0.6) is 17.4 Å². The molecule has 2 aromatic rings. The third-order valence-corrected chi connectivity index (χ3v) is 3.87. The summed E-state index contributed by atoms with van der Waals surface area (Å²) < 4.78 is 46.9. The van der Waals surface area contributed by atoms with Crippen LogP contribution in [-0.2, 0) is 11.4 Å². The van der Waals surface area contributed by atoms with Crippen LogP contribution < -0.4 is 19.7 Å². The summed E-state index contributed by atoms with van der Waals surface area (Å²) in [5, 5.41) is 11.7. The number of halogens is 3. The molecule has 0 atom stereocenters. The number of nitrogens with zero attached hydrogens (tertiary/aromatic N) is 3. The van der Waals surface area contributed by atoms with Crippen LogP contribution in [0, 0.1) is 0 Å². The number of imide groups is 1. The number of rotatable bonds is 5. The lowest BCUT2D eigenvalue weighted by molar-refractivity contribution is -0.275. The Hall–Kier alpha value is -3.41. The summed E-state index contributed by atoms with van der Waals surface area (Å²) in [5.41, 5.74) is -1.22. The highest BCUT2D eigenvalue weighted by molar-refractivity contribution is 6.22. The van der Waals surface area contributed by atoms with Crippen LogP contribution in [0.1, 0.15) is 19.4 Å². The maximum Gasteiger partial charge on any atom is 0.573 e. The van der Waals surface area contributed by atoms with Crippen LogP contribution in [0.25, 0.3) is 0 Å². The number of aliphatic hydroxyl groups is 1. The van der Waals surface area contributed by atoms with E-state index in [0.29, 0.717) is 0 Å². The first-order valence-corrected chi connectivity index (χ1v) is 8.16. The van der Waals surface area contributed by atoms with Crippen LogP contribution in [0.2, 0.25) is 0 Å². The second-order valence-electron chi connectivity index (χ2n) is 6.49. The predicted octanol–water partition coefficient (Wildman–Crippen LogP) is 2.49. The fourth-order valence-electron chi connectivity index (χ4n) is 2.53. The van der Waals surface area contributed by atoms with Crippen LogP contribution >= 0.6 is 0 Å². The number of anilines is 1. The second-order valence-corrected chi connectivity index (χ2v) is 6.49. The van der Waals surface area contributed by atoms with Crippen molar-refractivity contribution in [2.24, 2.45) is 0 Å². The van der Waals surface area contributed by atoms with E-state index in [0.717, 1.165) is 17.3 Å². The molecule has 154 valence electrons. The summed E-state index contributed by atoms with van der Waals surface area (Å²) in [7, 11) is 0. The molecule has 1 aromatic heterocycles. The molecule has 0 bridgehead atoms. The van der Waals surface area contributed by atoms with E-state index in [2.05, 4.69) is 20.0 Å². The number of aromatic nitrogens is 2. The molecule has 1 fully saturated rings. The number of amides is 3. The molecule has 3 amide bonds. The highest BCUT2D eigenvalue weighted by atomic mass is 19.4. The summed E-state index contributed by atoms with van der Waals surface area (Å²) in [6.45, 7) is 2.37. The number of hydrogen-bond acceptors (Lipinski definition) is 7. The predicted molar refractivity (Wildman–Crippen MR) is 91.3 cm³/mol. The molecule has 1 aliphatic heterocycles. The van der Waals surface area contributed by atoms with Crippen molar-refractivity contribution in [2.45, 2.75) is 32.4 Å². The largest absolute Gasteiger partial charge is 0.573 e. The number of urea groups is 1. The lowest BCUT2D eigenvalue weighted by atomic mass is 10.1. The minimum Gasteiger partial charge on any atom is -0.439 e. The van der Waals surface area contributed by atoms with Gasteiger partial charge in [-0.2, -0.15) is 0 Å². The zero-order chi connectivity index (χ0) is 21.4. The average molecular weight is 412 g/mol. The Morgan fingerprint density at radius 2 is 1.93 bits per heavy atom. The number of aliphatic hydroxyl groups excluding tert-OH is 1. The number of nitrogens with one attached hydrogen (secondary N) is 1. The normalized spacial score (nSPS) is 16.0. The lowest BCUT2D eigenvalue weighted by Gasteiger charge is -2.16. The second kappa shape index (κ2) is 7.20. The van der Waals surface area contributed by atoms with Gasteiger partial charge in [0, 0.05) is 17.7 Å². The van der Waals surface area contributed by atoms with Crippen molar-refractivity contribution in [3.63, 3.8) is 0 Å². The van der Waals surface area contributed by atoms with Gasteiger partial charge < -0.3 is 19.9 Å². The fraction of sp³-hybridized carbons (Fsp3) is 0.294. The Morgan fingerprint density at radius 3 is 2.52 bits per heavy atom. The molecule has 0 saturated carbocycles. The van der Waals surface area contributed by atoms with Gasteiger partial charge in [-0.1, -0.05) is 0 Å². The highest BCUT2D eigenvalue weighted by Gasteiger charge is 2.45. The van der Waals surface area contributed by atoms with Gasteiger partial charge in [-0.15, -0.1) is 13.2 Å². The summed E-state index contributed by atoms with van der Waals surface area (Å²) in [6, 6.07) is 3.92. The SMILES string of the molecule is CC1(C)NC(=O)N(c2cc(Oc3ccc(CO)c(OC(F)(F)F)c3)ncn2)C1=O. The van der Waals surface area contributed by atoms with Gasteiger partial charge in [-0.05, 0) is 26.0 Å². The van der Waals surface area contributed by atoms with Gasteiger partial charge in [-0.25, -0.2) is 19.7 Å². The molecule has 29 heavy (non-hydrogen) atoms. The van der Waals surface area contributed by atoms with Gasteiger partial charge in [0.1, 0.15) is 23.4 Å². The Balaban J connectivity index is 1.87. The Labute approximate surface area is 162 Å². The molecule has 1 saturated heterocycles. The van der Waals surface area contributed by atoms with Gasteiger partial charge >= 0.3 is 12.4 Å². The first kappa shape index (κ1) is 20.3. The number of ether oxygens (including phenoxy) is 2. The molecule has 2 N–H and O–H groups in total. The minimum absolute atomic E-state index is 0.0678. The maximum absolute atomic E-state index is 12.5. The lowest BCUT2D eigenvalue weighted by Crippen LogP contribution is -2.40. The van der Waals surface area contributed by atoms with Crippen LogP contribution in [0.4, 0.5) is 23.8 Å². The Kier molecular flexibility index (Phi) is 5.05. The van der Waals surface area contributed by atoms with Crippen molar-refractivity contribution in [1.82, 2.24) is 15.3 Å². The first-order valence-electron chi connectivity index (χ1n) is 8.16. The van der Waals surface area contributed by atoms with Gasteiger partial charge in [0.15, 0.2) is 5.82 Å². The Morgan fingerprint density at radius 1 is 1.21 bits per heavy atom. The monoisotopic (exact) mass is 412 g/mol. The van der Waals surface area contributed by atoms with E-state index in [-0.39, 0.29) is 23.0 Å². The third kappa shape index (κ3) is 4.37. The smallest absolute Gasteiger partial charge is 0.439 e. The van der Waals surface area contributed by atoms with Gasteiger partial charge in [0.25, 0.3) is 5.91 Å². The molecule has 0 unspecified atom stereocenters. The van der Waals surface area contributed by atoms with Crippen molar-refractivity contribution in [3.8, 4) is 17.4 Å². The number of hydrogen-bond donors (Lipinski definition) is 2. The number of carbonyl (C=O) groups excluding carboxylic acids is 2. The summed E-state index contributed by atoms with van der Waals surface area (Å²) in [6.07, 6.45) is -3.92. The zero-order valence-corrected chi connectivity index (χ0v) is 15.1. The molecule has 1 aromatic carbocycles. The quantitative estimate of drug-likeness (QED) is 0.726. The van der Waals surface area contributed by atoms with Crippen molar-refractivity contribution < 1.29 is 37.3 Å². The molecule has 1 aliphatic rings. The van der Waals surface area contributed by atoms with E-state index in [9.17, 15) is 22.8 Å². The van der Waals surface area contributed by atoms with Gasteiger partial charge in [-0.3, -0.25) is 4.79 Å². The molecule has 2 heterocycles. The highest BCUT2D eigenvalue weighted by Crippen LogP contribution is 2.33.